The molecule has 1 aromatic rings. The zero-order valence-electron chi connectivity index (χ0n) is 6.44. The summed E-state index contributed by atoms with van der Waals surface area (Å²) in [5.41, 5.74) is 1.21. The highest BCUT2D eigenvalue weighted by Crippen LogP contribution is 2.35. The van der Waals surface area contributed by atoms with Crippen molar-refractivity contribution in [2.24, 2.45) is 0 Å². The van der Waals surface area contributed by atoms with Crippen LogP contribution in [-0.2, 0) is 6.42 Å². The molecule has 0 fully saturated rings. The van der Waals surface area contributed by atoms with Crippen LogP contribution in [0.1, 0.15) is 12.0 Å². The Balaban J connectivity index is 2.53. The molecule has 0 unspecified atom stereocenters. The van der Waals surface area contributed by atoms with E-state index in [0.717, 1.165) is 34.7 Å². The Hall–Kier alpha value is -0.210. The normalized spacial score (nSPS) is 15.2. The Bertz CT molecular complexity index is 312. The van der Waals surface area contributed by atoms with E-state index in [1.807, 2.05) is 12.1 Å². The fraction of sp³-hybridized carbons (Fsp3) is 0.333. The number of hydrogen-bond donors (Lipinski definition) is 0. The van der Waals surface area contributed by atoms with E-state index < -0.39 is 0 Å². The van der Waals surface area contributed by atoms with Crippen LogP contribution in [0.4, 0.5) is 0 Å². The predicted molar refractivity (Wildman–Crippen MR) is 53.0 cm³/mol. The van der Waals surface area contributed by atoms with E-state index in [4.69, 9.17) is 16.3 Å². The van der Waals surface area contributed by atoms with Gasteiger partial charge in [0.25, 0.3) is 0 Å². The number of benzene rings is 1. The Labute approximate surface area is 84.8 Å². The summed E-state index contributed by atoms with van der Waals surface area (Å²) < 4.78 is 6.47. The second kappa shape index (κ2) is 3.27. The molecule has 0 bridgehead atoms. The standard InChI is InChI=1S/C9H8BrClO/c10-8-5-7(11)4-6-2-1-3-12-9(6)8/h4-5H,1-3H2. The molecule has 1 aromatic carbocycles. The van der Waals surface area contributed by atoms with Gasteiger partial charge in [-0.05, 0) is 46.5 Å². The highest BCUT2D eigenvalue weighted by atomic mass is 79.9. The minimum absolute atomic E-state index is 0.770. The third-order valence-corrected chi connectivity index (χ3v) is 2.73. The summed E-state index contributed by atoms with van der Waals surface area (Å²) in [7, 11) is 0. The maximum absolute atomic E-state index is 5.90. The SMILES string of the molecule is Clc1cc(Br)c2c(c1)CCCO2. The number of fused-ring (bicyclic) bond motifs is 1. The topological polar surface area (TPSA) is 9.23 Å². The predicted octanol–water partition coefficient (Wildman–Crippen LogP) is 3.43. The molecule has 0 atom stereocenters. The quantitative estimate of drug-likeness (QED) is 0.682. The first-order valence-electron chi connectivity index (χ1n) is 3.88. The zero-order chi connectivity index (χ0) is 8.55. The molecule has 1 aliphatic heterocycles. The Kier molecular flexibility index (Phi) is 2.28. The van der Waals surface area contributed by atoms with Crippen LogP contribution in [0, 0.1) is 0 Å². The van der Waals surface area contributed by atoms with E-state index >= 15 is 0 Å². The van der Waals surface area contributed by atoms with Crippen LogP contribution in [0.5, 0.6) is 5.75 Å². The summed E-state index contributed by atoms with van der Waals surface area (Å²) in [4.78, 5) is 0. The third-order valence-electron chi connectivity index (χ3n) is 1.92. The van der Waals surface area contributed by atoms with Crippen molar-refractivity contribution >= 4 is 27.5 Å². The summed E-state index contributed by atoms with van der Waals surface area (Å²) in [5, 5.41) is 0.770. The van der Waals surface area contributed by atoms with Crippen molar-refractivity contribution in [3.8, 4) is 5.75 Å². The lowest BCUT2D eigenvalue weighted by Gasteiger charge is -2.18. The van der Waals surface area contributed by atoms with E-state index in [9.17, 15) is 0 Å². The molecule has 0 saturated heterocycles. The molecule has 0 spiro atoms. The molecule has 0 radical (unpaired) electrons. The van der Waals surface area contributed by atoms with Gasteiger partial charge in [-0.3, -0.25) is 0 Å². The minimum Gasteiger partial charge on any atom is -0.492 e. The zero-order valence-corrected chi connectivity index (χ0v) is 8.78. The monoisotopic (exact) mass is 246 g/mol. The summed E-state index contributed by atoms with van der Waals surface area (Å²) in [6.07, 6.45) is 2.15. The van der Waals surface area contributed by atoms with Crippen molar-refractivity contribution < 1.29 is 4.74 Å². The number of aryl methyl sites for hydroxylation is 1. The van der Waals surface area contributed by atoms with Gasteiger partial charge in [-0.2, -0.15) is 0 Å². The molecular weight excluding hydrogens is 239 g/mol. The first-order valence-corrected chi connectivity index (χ1v) is 5.05. The van der Waals surface area contributed by atoms with Crippen molar-refractivity contribution in [2.75, 3.05) is 6.61 Å². The molecule has 64 valence electrons. The Morgan fingerprint density at radius 1 is 1.42 bits per heavy atom. The van der Waals surface area contributed by atoms with Gasteiger partial charge < -0.3 is 4.74 Å². The number of rotatable bonds is 0. The number of halogens is 2. The molecule has 12 heavy (non-hydrogen) atoms. The van der Waals surface area contributed by atoms with Gasteiger partial charge in [0, 0.05) is 5.02 Å². The van der Waals surface area contributed by atoms with Crippen molar-refractivity contribution in [2.45, 2.75) is 12.8 Å². The second-order valence-corrected chi connectivity index (χ2v) is 4.12. The molecule has 1 heterocycles. The maximum atomic E-state index is 5.90. The van der Waals surface area contributed by atoms with Crippen molar-refractivity contribution in [1.29, 1.82) is 0 Å². The third kappa shape index (κ3) is 1.46. The van der Waals surface area contributed by atoms with Gasteiger partial charge in [0.15, 0.2) is 0 Å². The molecule has 0 N–H and O–H groups in total. The molecule has 1 nitrogen and oxygen atoms in total. The van der Waals surface area contributed by atoms with E-state index in [1.165, 1.54) is 5.56 Å². The lowest BCUT2D eigenvalue weighted by Crippen LogP contribution is -2.08. The van der Waals surface area contributed by atoms with E-state index in [1.54, 1.807) is 0 Å². The summed E-state index contributed by atoms with van der Waals surface area (Å²) in [6.45, 7) is 0.813. The van der Waals surface area contributed by atoms with Gasteiger partial charge in [0.05, 0.1) is 11.1 Å². The number of ether oxygens (including phenoxy) is 1. The lowest BCUT2D eigenvalue weighted by atomic mass is 10.1. The second-order valence-electron chi connectivity index (χ2n) is 2.83. The van der Waals surface area contributed by atoms with Gasteiger partial charge in [-0.15, -0.1) is 0 Å². The average Bonchev–Trinajstić information content (AvgIpc) is 2.04. The van der Waals surface area contributed by atoms with Crippen LogP contribution in [0.3, 0.4) is 0 Å². The summed E-state index contributed by atoms with van der Waals surface area (Å²) in [6, 6.07) is 3.84. The molecule has 1 aliphatic rings. The first kappa shape index (κ1) is 8.39. The van der Waals surface area contributed by atoms with E-state index in [2.05, 4.69) is 15.9 Å². The van der Waals surface area contributed by atoms with Crippen LogP contribution in [-0.4, -0.2) is 6.61 Å². The molecule has 3 heteroatoms. The van der Waals surface area contributed by atoms with Crippen LogP contribution in [0.2, 0.25) is 5.02 Å². The maximum Gasteiger partial charge on any atom is 0.136 e. The highest BCUT2D eigenvalue weighted by Gasteiger charge is 2.13. The van der Waals surface area contributed by atoms with Crippen LogP contribution in [0.15, 0.2) is 16.6 Å². The molecule has 0 amide bonds. The molecule has 0 saturated carbocycles. The van der Waals surface area contributed by atoms with Gasteiger partial charge >= 0.3 is 0 Å². The smallest absolute Gasteiger partial charge is 0.136 e. The fourth-order valence-electron chi connectivity index (χ4n) is 1.40. The Morgan fingerprint density at radius 2 is 2.25 bits per heavy atom. The van der Waals surface area contributed by atoms with Crippen LogP contribution < -0.4 is 4.74 Å². The van der Waals surface area contributed by atoms with Gasteiger partial charge in [-0.25, -0.2) is 0 Å². The molecule has 0 aromatic heterocycles. The number of hydrogen-bond acceptors (Lipinski definition) is 1. The van der Waals surface area contributed by atoms with Gasteiger partial charge in [-0.1, -0.05) is 11.6 Å². The van der Waals surface area contributed by atoms with Crippen molar-refractivity contribution in [3.05, 3.63) is 27.2 Å². The summed E-state index contributed by atoms with van der Waals surface area (Å²) in [5.74, 6) is 0.964. The summed E-state index contributed by atoms with van der Waals surface area (Å²) >= 11 is 9.32. The van der Waals surface area contributed by atoms with Crippen LogP contribution in [0.25, 0.3) is 0 Å². The first-order chi connectivity index (χ1) is 5.77. The van der Waals surface area contributed by atoms with Gasteiger partial charge in [0.1, 0.15) is 5.75 Å². The van der Waals surface area contributed by atoms with Crippen molar-refractivity contribution in [3.63, 3.8) is 0 Å². The van der Waals surface area contributed by atoms with E-state index in [-0.39, 0.29) is 0 Å². The highest BCUT2D eigenvalue weighted by molar-refractivity contribution is 9.10. The molecule has 0 aliphatic carbocycles. The lowest BCUT2D eigenvalue weighted by molar-refractivity contribution is 0.286. The minimum atomic E-state index is 0.770. The van der Waals surface area contributed by atoms with E-state index in [0.29, 0.717) is 0 Å². The molecule has 2 rings (SSSR count). The molecular formula is C9H8BrClO. The largest absolute Gasteiger partial charge is 0.492 e. The average molecular weight is 248 g/mol. The van der Waals surface area contributed by atoms with Crippen molar-refractivity contribution in [1.82, 2.24) is 0 Å². The Morgan fingerprint density at radius 3 is 3.08 bits per heavy atom. The van der Waals surface area contributed by atoms with Gasteiger partial charge in [0.2, 0.25) is 0 Å². The fourth-order valence-corrected chi connectivity index (χ4v) is 2.39. The van der Waals surface area contributed by atoms with Crippen LogP contribution >= 0.6 is 27.5 Å².